The Balaban J connectivity index is 2.00. The Morgan fingerprint density at radius 1 is 1.65 bits per heavy atom. The minimum Gasteiger partial charge on any atom is -0.345 e. The first-order valence-electron chi connectivity index (χ1n) is 5.07. The maximum absolute atomic E-state index is 11.8. The van der Waals surface area contributed by atoms with Crippen LogP contribution in [-0.4, -0.2) is 15.5 Å². The van der Waals surface area contributed by atoms with Crippen molar-refractivity contribution in [3.63, 3.8) is 0 Å². The first-order valence-corrected chi connectivity index (χ1v) is 6.33. The molecule has 4 nitrogen and oxygen atoms in total. The molecule has 0 aliphatic heterocycles. The molecule has 0 saturated carbocycles. The molecule has 0 bridgehead atoms. The van der Waals surface area contributed by atoms with Crippen molar-refractivity contribution in [2.45, 2.75) is 13.5 Å². The van der Waals surface area contributed by atoms with Crippen molar-refractivity contribution >= 4 is 28.8 Å². The normalized spacial score (nSPS) is 10.5. The maximum Gasteiger partial charge on any atom is 0.268 e. The van der Waals surface area contributed by atoms with E-state index in [-0.39, 0.29) is 5.91 Å². The van der Waals surface area contributed by atoms with Crippen LogP contribution in [0.2, 0.25) is 5.02 Å². The molecular weight excluding hydrogens is 258 g/mol. The van der Waals surface area contributed by atoms with Gasteiger partial charge in [-0.3, -0.25) is 4.79 Å². The van der Waals surface area contributed by atoms with Crippen LogP contribution in [-0.2, 0) is 13.6 Å². The first kappa shape index (κ1) is 12.1. The standard InChI is InChI=1S/C11H12ClN3OS/c1-7-6-17-10(14-7)4-13-11(16)9-3-8(12)5-15(9)2/h3,5-6H,4H2,1-2H3,(H,13,16). The summed E-state index contributed by atoms with van der Waals surface area (Å²) in [4.78, 5) is 16.1. The molecule has 1 N–H and O–H groups in total. The number of aromatic nitrogens is 2. The van der Waals surface area contributed by atoms with Crippen molar-refractivity contribution < 1.29 is 4.79 Å². The van der Waals surface area contributed by atoms with Gasteiger partial charge in [0.25, 0.3) is 5.91 Å². The molecular formula is C11H12ClN3OS. The minimum atomic E-state index is -0.146. The number of rotatable bonds is 3. The van der Waals surface area contributed by atoms with Gasteiger partial charge in [0.15, 0.2) is 0 Å². The predicted octanol–water partition coefficient (Wildman–Crippen LogP) is 2.37. The van der Waals surface area contributed by atoms with Gasteiger partial charge in [-0.1, -0.05) is 11.6 Å². The average molecular weight is 270 g/mol. The Labute approximate surface area is 108 Å². The summed E-state index contributed by atoms with van der Waals surface area (Å²) >= 11 is 7.36. The molecule has 0 radical (unpaired) electrons. The predicted molar refractivity (Wildman–Crippen MR) is 68.4 cm³/mol. The van der Waals surface area contributed by atoms with Crippen LogP contribution in [0, 0.1) is 6.92 Å². The van der Waals surface area contributed by atoms with Crippen LogP contribution in [0.5, 0.6) is 0 Å². The third-order valence-electron chi connectivity index (χ3n) is 2.27. The molecule has 17 heavy (non-hydrogen) atoms. The Kier molecular flexibility index (Phi) is 3.49. The van der Waals surface area contributed by atoms with Gasteiger partial charge in [0.1, 0.15) is 10.7 Å². The Hall–Kier alpha value is -1.33. The second kappa shape index (κ2) is 4.89. The summed E-state index contributed by atoms with van der Waals surface area (Å²) in [7, 11) is 1.79. The van der Waals surface area contributed by atoms with E-state index in [1.807, 2.05) is 12.3 Å². The fourth-order valence-corrected chi connectivity index (χ4v) is 2.44. The van der Waals surface area contributed by atoms with Gasteiger partial charge in [-0.15, -0.1) is 11.3 Å². The van der Waals surface area contributed by atoms with E-state index in [2.05, 4.69) is 10.3 Å². The second-order valence-corrected chi connectivity index (χ2v) is 5.10. The summed E-state index contributed by atoms with van der Waals surface area (Å²) in [5, 5.41) is 6.23. The fraction of sp³-hybridized carbons (Fsp3) is 0.273. The highest BCUT2D eigenvalue weighted by Crippen LogP contribution is 2.13. The van der Waals surface area contributed by atoms with Gasteiger partial charge in [-0.05, 0) is 13.0 Å². The number of carbonyl (C=O) groups is 1. The second-order valence-electron chi connectivity index (χ2n) is 3.72. The molecule has 90 valence electrons. The van der Waals surface area contributed by atoms with Gasteiger partial charge in [0.2, 0.25) is 0 Å². The molecule has 1 amide bonds. The molecule has 2 aromatic rings. The van der Waals surface area contributed by atoms with E-state index in [0.29, 0.717) is 17.3 Å². The summed E-state index contributed by atoms with van der Waals surface area (Å²) in [6, 6.07) is 1.64. The largest absolute Gasteiger partial charge is 0.345 e. The topological polar surface area (TPSA) is 46.9 Å². The zero-order valence-electron chi connectivity index (χ0n) is 9.53. The van der Waals surface area contributed by atoms with E-state index in [1.165, 1.54) is 11.3 Å². The van der Waals surface area contributed by atoms with E-state index >= 15 is 0 Å². The van der Waals surface area contributed by atoms with Crippen molar-refractivity contribution in [2.75, 3.05) is 0 Å². The number of carbonyl (C=O) groups excluding carboxylic acids is 1. The van der Waals surface area contributed by atoms with Crippen LogP contribution < -0.4 is 5.32 Å². The van der Waals surface area contributed by atoms with Crippen molar-refractivity contribution in [2.24, 2.45) is 7.05 Å². The molecule has 0 spiro atoms. The highest BCUT2D eigenvalue weighted by atomic mass is 35.5. The molecule has 6 heteroatoms. The molecule has 0 fully saturated rings. The molecule has 0 aromatic carbocycles. The van der Waals surface area contributed by atoms with Crippen molar-refractivity contribution in [3.8, 4) is 0 Å². The summed E-state index contributed by atoms with van der Waals surface area (Å²) in [6.07, 6.45) is 1.70. The van der Waals surface area contributed by atoms with Crippen LogP contribution in [0.15, 0.2) is 17.6 Å². The summed E-state index contributed by atoms with van der Waals surface area (Å²) < 4.78 is 1.70. The highest BCUT2D eigenvalue weighted by Gasteiger charge is 2.11. The van der Waals surface area contributed by atoms with Crippen LogP contribution in [0.1, 0.15) is 21.2 Å². The Morgan fingerprint density at radius 3 is 2.94 bits per heavy atom. The lowest BCUT2D eigenvalue weighted by molar-refractivity contribution is 0.0942. The van der Waals surface area contributed by atoms with Crippen LogP contribution in [0.4, 0.5) is 0 Å². The Morgan fingerprint density at radius 2 is 2.41 bits per heavy atom. The quantitative estimate of drug-likeness (QED) is 0.930. The third kappa shape index (κ3) is 2.87. The van der Waals surface area contributed by atoms with E-state index in [0.717, 1.165) is 10.7 Å². The van der Waals surface area contributed by atoms with E-state index in [1.54, 1.807) is 23.9 Å². The van der Waals surface area contributed by atoms with Gasteiger partial charge in [-0.2, -0.15) is 0 Å². The zero-order valence-corrected chi connectivity index (χ0v) is 11.1. The van der Waals surface area contributed by atoms with Gasteiger partial charge in [0.05, 0.1) is 11.6 Å². The van der Waals surface area contributed by atoms with Gasteiger partial charge >= 0.3 is 0 Å². The van der Waals surface area contributed by atoms with Crippen molar-refractivity contribution in [1.82, 2.24) is 14.9 Å². The third-order valence-corrected chi connectivity index (χ3v) is 3.44. The number of hydrogen-bond acceptors (Lipinski definition) is 3. The molecule has 2 rings (SSSR count). The molecule has 0 saturated heterocycles. The van der Waals surface area contributed by atoms with Crippen LogP contribution >= 0.6 is 22.9 Å². The molecule has 2 heterocycles. The monoisotopic (exact) mass is 269 g/mol. The zero-order chi connectivity index (χ0) is 12.4. The fourth-order valence-electron chi connectivity index (χ4n) is 1.48. The molecule has 0 aliphatic carbocycles. The molecule has 0 unspecified atom stereocenters. The summed E-state index contributed by atoms with van der Waals surface area (Å²) in [5.74, 6) is -0.146. The summed E-state index contributed by atoms with van der Waals surface area (Å²) in [5.41, 5.74) is 1.52. The lowest BCUT2D eigenvalue weighted by Gasteiger charge is -2.03. The number of halogens is 1. The number of amides is 1. The lowest BCUT2D eigenvalue weighted by atomic mass is 10.4. The van der Waals surface area contributed by atoms with E-state index in [9.17, 15) is 4.79 Å². The number of nitrogens with one attached hydrogen (secondary N) is 1. The van der Waals surface area contributed by atoms with Crippen LogP contribution in [0.25, 0.3) is 0 Å². The minimum absolute atomic E-state index is 0.146. The SMILES string of the molecule is Cc1csc(CNC(=O)c2cc(Cl)cn2C)n1. The number of nitrogens with zero attached hydrogens (tertiary/aromatic N) is 2. The number of hydrogen-bond donors (Lipinski definition) is 1. The Bertz CT molecular complexity index is 547. The van der Waals surface area contributed by atoms with Crippen LogP contribution in [0.3, 0.4) is 0 Å². The smallest absolute Gasteiger partial charge is 0.268 e. The molecule has 0 atom stereocenters. The van der Waals surface area contributed by atoms with E-state index in [4.69, 9.17) is 11.6 Å². The van der Waals surface area contributed by atoms with Crippen molar-refractivity contribution in [1.29, 1.82) is 0 Å². The first-order chi connectivity index (χ1) is 8.06. The van der Waals surface area contributed by atoms with Gasteiger partial charge < -0.3 is 9.88 Å². The van der Waals surface area contributed by atoms with E-state index < -0.39 is 0 Å². The molecule has 0 aliphatic rings. The summed E-state index contributed by atoms with van der Waals surface area (Å²) in [6.45, 7) is 2.37. The van der Waals surface area contributed by atoms with Gasteiger partial charge in [0, 0.05) is 24.3 Å². The molecule has 2 aromatic heterocycles. The van der Waals surface area contributed by atoms with Crippen molar-refractivity contribution in [3.05, 3.63) is 39.1 Å². The lowest BCUT2D eigenvalue weighted by Crippen LogP contribution is -2.24. The van der Waals surface area contributed by atoms with Gasteiger partial charge in [-0.25, -0.2) is 4.98 Å². The number of thiazole rings is 1. The maximum atomic E-state index is 11.8. The highest BCUT2D eigenvalue weighted by molar-refractivity contribution is 7.09. The average Bonchev–Trinajstić information content (AvgIpc) is 2.81. The number of aryl methyl sites for hydroxylation is 2.